The van der Waals surface area contributed by atoms with E-state index in [0.717, 1.165) is 0 Å². The number of amides is 1. The molecule has 1 saturated heterocycles. The van der Waals surface area contributed by atoms with Crippen LogP contribution in [0.5, 0.6) is 5.75 Å². The number of ether oxygens (including phenoxy) is 1. The van der Waals surface area contributed by atoms with E-state index >= 15 is 0 Å². The topological polar surface area (TPSA) is 107 Å². The van der Waals surface area contributed by atoms with Crippen LogP contribution in [-0.2, 0) is 9.59 Å². The summed E-state index contributed by atoms with van der Waals surface area (Å²) in [6.45, 7) is 0.110. The number of nitrogens with zero attached hydrogens (tertiary/aromatic N) is 2. The van der Waals surface area contributed by atoms with Gasteiger partial charge in [0, 0.05) is 30.8 Å². The summed E-state index contributed by atoms with van der Waals surface area (Å²) in [6, 6.07) is 11.8. The minimum Gasteiger partial charge on any atom is -0.425 e. The van der Waals surface area contributed by atoms with Crippen molar-refractivity contribution in [3.05, 3.63) is 64.2 Å². The molecule has 2 aromatic carbocycles. The van der Waals surface area contributed by atoms with Crippen LogP contribution in [0.4, 0.5) is 11.4 Å². The highest BCUT2D eigenvalue weighted by molar-refractivity contribution is 6.00. The third-order valence-corrected chi connectivity index (χ3v) is 4.09. The zero-order chi connectivity index (χ0) is 18.7. The van der Waals surface area contributed by atoms with Crippen molar-refractivity contribution < 1.29 is 24.0 Å². The van der Waals surface area contributed by atoms with Gasteiger partial charge in [-0.1, -0.05) is 12.1 Å². The first-order valence-electron chi connectivity index (χ1n) is 7.80. The molecule has 2 aromatic rings. The van der Waals surface area contributed by atoms with E-state index in [1.807, 2.05) is 0 Å². The van der Waals surface area contributed by atoms with Crippen LogP contribution in [0.2, 0.25) is 0 Å². The Hall–Kier alpha value is -3.55. The first-order valence-corrected chi connectivity index (χ1v) is 7.80. The summed E-state index contributed by atoms with van der Waals surface area (Å²) in [6.07, 6.45) is 0.560. The largest absolute Gasteiger partial charge is 0.425 e. The Bertz CT molecular complexity index is 878. The maximum Gasteiger partial charge on any atom is 0.316 e. The molecule has 0 aromatic heterocycles. The summed E-state index contributed by atoms with van der Waals surface area (Å²) < 4.78 is 5.27. The molecular formula is C18H14N2O6. The van der Waals surface area contributed by atoms with Gasteiger partial charge in [0.25, 0.3) is 5.69 Å². The number of non-ortho nitro benzene ring substituents is 1. The predicted octanol–water partition coefficient (Wildman–Crippen LogP) is 2.37. The van der Waals surface area contributed by atoms with E-state index in [-0.39, 0.29) is 35.9 Å². The van der Waals surface area contributed by atoms with Gasteiger partial charge in [-0.2, -0.15) is 0 Å². The van der Waals surface area contributed by atoms with Crippen LogP contribution in [0.3, 0.4) is 0 Å². The fourth-order valence-corrected chi connectivity index (χ4v) is 2.73. The molecule has 0 saturated carbocycles. The molecule has 132 valence electrons. The second kappa shape index (κ2) is 7.14. The lowest BCUT2D eigenvalue weighted by atomic mass is 10.1. The molecule has 0 bridgehead atoms. The summed E-state index contributed by atoms with van der Waals surface area (Å²) >= 11 is 0. The van der Waals surface area contributed by atoms with E-state index < -0.39 is 16.8 Å². The monoisotopic (exact) mass is 354 g/mol. The number of carbonyl (C=O) groups is 3. The molecule has 8 nitrogen and oxygen atoms in total. The van der Waals surface area contributed by atoms with Crippen LogP contribution in [0.1, 0.15) is 16.8 Å². The zero-order valence-electron chi connectivity index (χ0n) is 13.5. The van der Waals surface area contributed by atoms with Crippen molar-refractivity contribution in [2.45, 2.75) is 6.42 Å². The third kappa shape index (κ3) is 3.44. The number of nitro benzene ring substituents is 1. The van der Waals surface area contributed by atoms with Gasteiger partial charge in [0.15, 0.2) is 6.29 Å². The quantitative estimate of drug-likeness (QED) is 0.268. The average Bonchev–Trinajstić information content (AvgIpc) is 3.04. The number of carbonyl (C=O) groups excluding carboxylic acids is 3. The van der Waals surface area contributed by atoms with Gasteiger partial charge in [-0.3, -0.25) is 24.5 Å². The number of para-hydroxylation sites is 1. The highest BCUT2D eigenvalue weighted by atomic mass is 16.6. The van der Waals surface area contributed by atoms with E-state index in [2.05, 4.69) is 0 Å². The minimum absolute atomic E-state index is 0.0287. The van der Waals surface area contributed by atoms with E-state index in [0.29, 0.717) is 12.0 Å². The lowest BCUT2D eigenvalue weighted by molar-refractivity contribution is -0.384. The Morgan fingerprint density at radius 3 is 2.54 bits per heavy atom. The lowest BCUT2D eigenvalue weighted by Crippen LogP contribution is -2.27. The molecule has 1 heterocycles. The first kappa shape index (κ1) is 17.3. The van der Waals surface area contributed by atoms with Gasteiger partial charge in [-0.15, -0.1) is 0 Å². The summed E-state index contributed by atoms with van der Waals surface area (Å²) in [5.41, 5.74) is 0.642. The molecule has 0 N–H and O–H groups in total. The summed E-state index contributed by atoms with van der Waals surface area (Å²) in [5.74, 6) is -1.41. The van der Waals surface area contributed by atoms with E-state index in [1.165, 1.54) is 41.3 Å². The second-order valence-corrected chi connectivity index (χ2v) is 5.76. The molecule has 1 fully saturated rings. The van der Waals surface area contributed by atoms with Crippen molar-refractivity contribution in [3.8, 4) is 5.75 Å². The van der Waals surface area contributed by atoms with E-state index in [9.17, 15) is 24.5 Å². The zero-order valence-corrected chi connectivity index (χ0v) is 13.5. The van der Waals surface area contributed by atoms with Gasteiger partial charge < -0.3 is 9.64 Å². The maximum atomic E-state index is 12.3. The number of aldehydes is 1. The molecule has 1 amide bonds. The number of rotatable bonds is 5. The molecular weight excluding hydrogens is 340 g/mol. The van der Waals surface area contributed by atoms with Gasteiger partial charge >= 0.3 is 5.97 Å². The van der Waals surface area contributed by atoms with E-state index in [1.54, 1.807) is 12.1 Å². The minimum atomic E-state index is -0.683. The number of anilines is 1. The third-order valence-electron chi connectivity index (χ3n) is 4.09. The van der Waals surface area contributed by atoms with Crippen LogP contribution in [0, 0.1) is 16.0 Å². The number of hydrogen-bond donors (Lipinski definition) is 0. The average molecular weight is 354 g/mol. The maximum absolute atomic E-state index is 12.3. The number of nitro groups is 1. The molecule has 0 radical (unpaired) electrons. The fourth-order valence-electron chi connectivity index (χ4n) is 2.73. The second-order valence-electron chi connectivity index (χ2n) is 5.76. The predicted molar refractivity (Wildman–Crippen MR) is 91.0 cm³/mol. The van der Waals surface area contributed by atoms with Gasteiger partial charge in [-0.05, 0) is 24.3 Å². The molecule has 1 atom stereocenters. The molecule has 3 rings (SSSR count). The van der Waals surface area contributed by atoms with Crippen LogP contribution < -0.4 is 9.64 Å². The SMILES string of the molecule is O=Cc1ccccc1OC(=O)[C@H]1CC(=O)N(c2ccc([N+](=O)[O-])cc2)C1. The van der Waals surface area contributed by atoms with Crippen LogP contribution in [0.25, 0.3) is 0 Å². The van der Waals surface area contributed by atoms with Crippen molar-refractivity contribution in [1.29, 1.82) is 0 Å². The van der Waals surface area contributed by atoms with Crippen LogP contribution >= 0.6 is 0 Å². The van der Waals surface area contributed by atoms with Gasteiger partial charge in [-0.25, -0.2) is 0 Å². The Labute approximate surface area is 148 Å². The van der Waals surface area contributed by atoms with Gasteiger partial charge in [0.2, 0.25) is 5.91 Å². The summed E-state index contributed by atoms with van der Waals surface area (Å²) in [4.78, 5) is 47.1. The Balaban J connectivity index is 1.71. The fraction of sp³-hybridized carbons (Fsp3) is 0.167. The molecule has 8 heteroatoms. The van der Waals surface area contributed by atoms with Gasteiger partial charge in [0.05, 0.1) is 16.4 Å². The highest BCUT2D eigenvalue weighted by Crippen LogP contribution is 2.28. The standard InChI is InChI=1S/C18H14N2O6/c21-11-12-3-1-2-4-16(12)26-18(23)13-9-17(22)19(10-13)14-5-7-15(8-6-14)20(24)25/h1-8,11,13H,9-10H2/t13-/m0/s1. The van der Waals surface area contributed by atoms with Gasteiger partial charge in [0.1, 0.15) is 5.75 Å². The molecule has 1 aliphatic rings. The number of hydrogen-bond acceptors (Lipinski definition) is 6. The van der Waals surface area contributed by atoms with E-state index in [4.69, 9.17) is 4.74 Å². The smallest absolute Gasteiger partial charge is 0.316 e. The van der Waals surface area contributed by atoms with Crippen molar-refractivity contribution in [2.75, 3.05) is 11.4 Å². The van der Waals surface area contributed by atoms with Crippen LogP contribution in [-0.4, -0.2) is 29.6 Å². The summed E-state index contributed by atoms with van der Waals surface area (Å²) in [7, 11) is 0. The molecule has 0 spiro atoms. The van der Waals surface area contributed by atoms with Crippen molar-refractivity contribution >= 4 is 29.5 Å². The Kier molecular flexibility index (Phi) is 4.74. The number of benzene rings is 2. The summed E-state index contributed by atoms with van der Waals surface area (Å²) in [5, 5.41) is 10.7. The Morgan fingerprint density at radius 1 is 1.19 bits per heavy atom. The van der Waals surface area contributed by atoms with Crippen molar-refractivity contribution in [3.63, 3.8) is 0 Å². The molecule has 1 aliphatic heterocycles. The molecule has 0 unspecified atom stereocenters. The van der Waals surface area contributed by atoms with Crippen molar-refractivity contribution in [1.82, 2.24) is 0 Å². The lowest BCUT2D eigenvalue weighted by Gasteiger charge is -2.16. The first-order chi connectivity index (χ1) is 12.5. The highest BCUT2D eigenvalue weighted by Gasteiger charge is 2.36. The number of esters is 1. The molecule has 26 heavy (non-hydrogen) atoms. The van der Waals surface area contributed by atoms with Crippen molar-refractivity contribution in [2.24, 2.45) is 5.92 Å². The normalized spacial score (nSPS) is 16.4. The van der Waals surface area contributed by atoms with Crippen LogP contribution in [0.15, 0.2) is 48.5 Å². The molecule has 0 aliphatic carbocycles. The Morgan fingerprint density at radius 2 is 1.88 bits per heavy atom.